The molecule has 0 bridgehead atoms. The van der Waals surface area contributed by atoms with Crippen molar-refractivity contribution in [2.45, 2.75) is 53.1 Å². The highest BCUT2D eigenvalue weighted by Crippen LogP contribution is 2.35. The average Bonchev–Trinajstić information content (AvgIpc) is 2.36. The zero-order valence-electron chi connectivity index (χ0n) is 13.4. The minimum atomic E-state index is -0.381. The maximum Gasteiger partial charge on any atom is 0.333 e. The van der Waals surface area contributed by atoms with Gasteiger partial charge in [-0.2, -0.15) is 0 Å². The molecule has 1 rings (SSSR count). The van der Waals surface area contributed by atoms with Gasteiger partial charge in [-0.25, -0.2) is 0 Å². The van der Waals surface area contributed by atoms with Crippen LogP contribution in [0.4, 0.5) is 11.4 Å². The number of nitro groups is 1. The first-order valence-electron chi connectivity index (χ1n) is 7.59. The number of hydrogen-bond acceptors (Lipinski definition) is 4. The highest BCUT2D eigenvalue weighted by atomic mass is 16.6. The van der Waals surface area contributed by atoms with Crippen molar-refractivity contribution in [1.29, 1.82) is 0 Å². The van der Waals surface area contributed by atoms with E-state index in [1.165, 1.54) is 6.42 Å². The second kappa shape index (κ2) is 8.49. The molecule has 5 nitrogen and oxygen atoms in total. The van der Waals surface area contributed by atoms with E-state index in [1.807, 2.05) is 13.8 Å². The fourth-order valence-corrected chi connectivity index (χ4v) is 2.10. The van der Waals surface area contributed by atoms with Gasteiger partial charge in [0.1, 0.15) is 5.69 Å². The number of anilines is 1. The summed E-state index contributed by atoms with van der Waals surface area (Å²) in [5.74, 6) is 1.02. The van der Waals surface area contributed by atoms with Gasteiger partial charge in [0, 0.05) is 6.54 Å². The van der Waals surface area contributed by atoms with Crippen molar-refractivity contribution >= 4 is 11.4 Å². The van der Waals surface area contributed by atoms with Crippen LogP contribution in [0.5, 0.6) is 5.75 Å². The van der Waals surface area contributed by atoms with Gasteiger partial charge in [-0.15, -0.1) is 0 Å². The molecule has 118 valence electrons. The molecule has 5 heteroatoms. The normalized spacial score (nSPS) is 11.0. The lowest BCUT2D eigenvalue weighted by Gasteiger charge is -2.13. The number of para-hydroxylation sites is 1. The second-order valence-electron chi connectivity index (χ2n) is 5.89. The van der Waals surface area contributed by atoms with E-state index >= 15 is 0 Å². The van der Waals surface area contributed by atoms with Gasteiger partial charge < -0.3 is 10.1 Å². The topological polar surface area (TPSA) is 64.4 Å². The smallest absolute Gasteiger partial charge is 0.333 e. The van der Waals surface area contributed by atoms with Crippen LogP contribution in [-0.2, 0) is 0 Å². The first-order chi connectivity index (χ1) is 9.91. The molecule has 0 aliphatic carbocycles. The molecule has 0 amide bonds. The van der Waals surface area contributed by atoms with E-state index < -0.39 is 0 Å². The molecule has 1 aromatic carbocycles. The molecule has 0 heterocycles. The summed E-state index contributed by atoms with van der Waals surface area (Å²) in [7, 11) is 0. The predicted molar refractivity (Wildman–Crippen MR) is 86.0 cm³/mol. The summed E-state index contributed by atoms with van der Waals surface area (Å²) in [4.78, 5) is 10.9. The summed E-state index contributed by atoms with van der Waals surface area (Å²) in [6.07, 6.45) is 3.22. The molecule has 0 spiro atoms. The molecule has 0 radical (unpaired) electrons. The van der Waals surface area contributed by atoms with Crippen LogP contribution in [0.25, 0.3) is 0 Å². The summed E-state index contributed by atoms with van der Waals surface area (Å²) in [5, 5.41) is 14.4. The minimum Gasteiger partial charge on any atom is -0.484 e. The Bertz CT molecular complexity index is 459. The number of rotatable bonds is 9. The highest BCUT2D eigenvalue weighted by Gasteiger charge is 2.21. The summed E-state index contributed by atoms with van der Waals surface area (Å²) < 4.78 is 5.52. The van der Waals surface area contributed by atoms with Gasteiger partial charge in [0.05, 0.1) is 11.0 Å². The Morgan fingerprint density at radius 1 is 1.24 bits per heavy atom. The number of hydrogen-bond donors (Lipinski definition) is 1. The lowest BCUT2D eigenvalue weighted by atomic mass is 10.1. The summed E-state index contributed by atoms with van der Waals surface area (Å²) in [6, 6.07) is 5.15. The first-order valence-corrected chi connectivity index (χ1v) is 7.59. The number of unbranched alkanes of at least 4 members (excludes halogenated alkanes) is 1. The van der Waals surface area contributed by atoms with Crippen LogP contribution in [0.1, 0.15) is 47.0 Å². The van der Waals surface area contributed by atoms with Gasteiger partial charge in [-0.3, -0.25) is 10.1 Å². The number of nitro benzene ring substituents is 1. The lowest BCUT2D eigenvalue weighted by molar-refractivity contribution is -0.385. The van der Waals surface area contributed by atoms with Crippen molar-refractivity contribution in [2.75, 3.05) is 11.9 Å². The minimum absolute atomic E-state index is 0.0232. The fourth-order valence-electron chi connectivity index (χ4n) is 2.10. The Balaban J connectivity index is 2.70. The molecule has 1 N–H and O–H groups in total. The van der Waals surface area contributed by atoms with Crippen molar-refractivity contribution in [1.82, 2.24) is 0 Å². The molecule has 21 heavy (non-hydrogen) atoms. The Labute approximate surface area is 126 Å². The van der Waals surface area contributed by atoms with Crippen LogP contribution in [0, 0.1) is 16.0 Å². The van der Waals surface area contributed by atoms with Crippen LogP contribution in [0.2, 0.25) is 0 Å². The Hall–Kier alpha value is -1.78. The fraction of sp³-hybridized carbons (Fsp3) is 0.625. The molecule has 0 atom stereocenters. The number of nitrogens with zero attached hydrogens (tertiary/aromatic N) is 1. The first kappa shape index (κ1) is 17.3. The van der Waals surface area contributed by atoms with E-state index in [9.17, 15) is 10.1 Å². The summed E-state index contributed by atoms with van der Waals surface area (Å²) in [6.45, 7) is 8.85. The molecule has 0 fully saturated rings. The van der Waals surface area contributed by atoms with Gasteiger partial charge in [-0.1, -0.05) is 32.8 Å². The average molecular weight is 294 g/mol. The third-order valence-electron chi connectivity index (χ3n) is 3.07. The highest BCUT2D eigenvalue weighted by molar-refractivity contribution is 5.68. The van der Waals surface area contributed by atoms with E-state index in [4.69, 9.17) is 4.74 Å². The molecule has 0 aliphatic heterocycles. The second-order valence-corrected chi connectivity index (χ2v) is 5.89. The zero-order chi connectivity index (χ0) is 15.8. The largest absolute Gasteiger partial charge is 0.484 e. The van der Waals surface area contributed by atoms with Crippen molar-refractivity contribution in [3.63, 3.8) is 0 Å². The van der Waals surface area contributed by atoms with Crippen molar-refractivity contribution in [3.05, 3.63) is 28.3 Å². The van der Waals surface area contributed by atoms with Gasteiger partial charge >= 0.3 is 5.69 Å². The number of benzene rings is 1. The van der Waals surface area contributed by atoms with Crippen LogP contribution in [-0.4, -0.2) is 17.6 Å². The summed E-state index contributed by atoms with van der Waals surface area (Å²) in [5.41, 5.74) is 0.553. The third kappa shape index (κ3) is 6.02. The quantitative estimate of drug-likeness (QED) is 0.410. The molecular weight excluding hydrogens is 268 g/mol. The molecular formula is C16H26N2O3. The Morgan fingerprint density at radius 3 is 2.52 bits per heavy atom. The lowest BCUT2D eigenvalue weighted by Crippen LogP contribution is -2.10. The standard InChI is InChI=1S/C16H26N2O3/c1-12(2)8-5-6-11-17-14-9-7-10-15(21-13(3)4)16(14)18(19)20/h7,9-10,12-13,17H,5-6,8,11H2,1-4H3. The maximum atomic E-state index is 11.3. The number of ether oxygens (including phenoxy) is 1. The van der Waals surface area contributed by atoms with Crippen molar-refractivity contribution < 1.29 is 9.66 Å². The van der Waals surface area contributed by atoms with Crippen molar-refractivity contribution in [2.24, 2.45) is 5.92 Å². The maximum absolute atomic E-state index is 11.3. The van der Waals surface area contributed by atoms with Crippen LogP contribution in [0.15, 0.2) is 18.2 Å². The van der Waals surface area contributed by atoms with Crippen LogP contribution in [0.3, 0.4) is 0 Å². The van der Waals surface area contributed by atoms with Gasteiger partial charge in [-0.05, 0) is 38.3 Å². The molecule has 0 saturated carbocycles. The Morgan fingerprint density at radius 2 is 1.95 bits per heavy atom. The van der Waals surface area contributed by atoms with Crippen LogP contribution < -0.4 is 10.1 Å². The van der Waals surface area contributed by atoms with Crippen LogP contribution >= 0.6 is 0 Å². The predicted octanol–water partition coefficient (Wildman–Crippen LogP) is 4.62. The van der Waals surface area contributed by atoms with Gasteiger partial charge in [0.2, 0.25) is 0 Å². The van der Waals surface area contributed by atoms with E-state index in [2.05, 4.69) is 19.2 Å². The third-order valence-corrected chi connectivity index (χ3v) is 3.07. The monoisotopic (exact) mass is 294 g/mol. The zero-order valence-corrected chi connectivity index (χ0v) is 13.4. The summed E-state index contributed by atoms with van der Waals surface area (Å²) >= 11 is 0. The Kier molecular flexibility index (Phi) is 6.99. The van der Waals surface area contributed by atoms with E-state index in [0.29, 0.717) is 17.4 Å². The number of nitrogens with one attached hydrogen (secondary N) is 1. The van der Waals surface area contributed by atoms with Gasteiger partial charge in [0.25, 0.3) is 0 Å². The molecule has 0 saturated heterocycles. The van der Waals surface area contributed by atoms with Crippen molar-refractivity contribution in [3.8, 4) is 5.75 Å². The van der Waals surface area contributed by atoms with E-state index in [1.54, 1.807) is 18.2 Å². The van der Waals surface area contributed by atoms with E-state index in [0.717, 1.165) is 19.4 Å². The van der Waals surface area contributed by atoms with Gasteiger partial charge in [0.15, 0.2) is 5.75 Å². The van der Waals surface area contributed by atoms with E-state index in [-0.39, 0.29) is 16.7 Å². The molecule has 0 unspecified atom stereocenters. The molecule has 1 aromatic rings. The molecule has 0 aromatic heterocycles. The molecule has 0 aliphatic rings. The SMILES string of the molecule is CC(C)CCCCNc1cccc(OC(C)C)c1[N+](=O)[O-].